The molecule has 0 bridgehead atoms. The van der Waals surface area contributed by atoms with Gasteiger partial charge in [-0.15, -0.1) is 0 Å². The van der Waals surface area contributed by atoms with Gasteiger partial charge in [-0.05, 0) is 58.6 Å². The number of fused-ring (bicyclic) bond motifs is 1. The van der Waals surface area contributed by atoms with Gasteiger partial charge in [-0.2, -0.15) is 0 Å². The lowest BCUT2D eigenvalue weighted by Gasteiger charge is -2.32. The van der Waals surface area contributed by atoms with Crippen molar-refractivity contribution in [1.29, 1.82) is 0 Å². The molecule has 5 heteroatoms. The molecule has 2 aliphatic rings. The topological polar surface area (TPSA) is 36.3 Å². The van der Waals surface area contributed by atoms with Crippen LogP contribution in [0.3, 0.4) is 0 Å². The fourth-order valence-corrected chi connectivity index (χ4v) is 2.93. The molecule has 0 N–H and O–H groups in total. The molecular weight excluding hydrogens is 275 g/mol. The van der Waals surface area contributed by atoms with E-state index >= 15 is 0 Å². The number of hydrogen-bond acceptors (Lipinski definition) is 3. The summed E-state index contributed by atoms with van der Waals surface area (Å²) in [6, 6.07) is 4.29. The van der Waals surface area contributed by atoms with Gasteiger partial charge in [0.2, 0.25) is 0 Å². The molecule has 0 amide bonds. The zero-order valence-electron chi connectivity index (χ0n) is 13.8. The smallest absolute Gasteiger partial charge is 0.399 e. The molecule has 1 saturated heterocycles. The highest BCUT2D eigenvalue weighted by Gasteiger charge is 2.51. The third-order valence-corrected chi connectivity index (χ3v) is 5.30. The van der Waals surface area contributed by atoms with Crippen LogP contribution < -0.4 is 5.46 Å². The number of hydrogen-bond donors (Lipinski definition) is 0. The highest BCUT2D eigenvalue weighted by molar-refractivity contribution is 6.62. The summed E-state index contributed by atoms with van der Waals surface area (Å²) in [5.74, 6) is 0.847. The summed E-state index contributed by atoms with van der Waals surface area (Å²) in [5.41, 5.74) is 1.43. The van der Waals surface area contributed by atoms with Crippen LogP contribution in [0.2, 0.25) is 0 Å². The zero-order valence-corrected chi connectivity index (χ0v) is 13.8. The van der Waals surface area contributed by atoms with Gasteiger partial charge in [-0.3, -0.25) is 0 Å². The van der Waals surface area contributed by atoms with Crippen molar-refractivity contribution in [3.05, 3.63) is 24.5 Å². The first-order valence-corrected chi connectivity index (χ1v) is 8.16. The monoisotopic (exact) mass is 298 g/mol. The molecule has 3 heterocycles. The van der Waals surface area contributed by atoms with Crippen molar-refractivity contribution >= 4 is 23.6 Å². The van der Waals surface area contributed by atoms with Gasteiger partial charge in [0.15, 0.2) is 0 Å². The van der Waals surface area contributed by atoms with E-state index in [0.29, 0.717) is 0 Å². The van der Waals surface area contributed by atoms with Crippen molar-refractivity contribution in [2.75, 3.05) is 0 Å². The Hall–Kier alpha value is -1.33. The lowest BCUT2D eigenvalue weighted by atomic mass is 9.80. The van der Waals surface area contributed by atoms with E-state index in [0.717, 1.165) is 29.0 Å². The van der Waals surface area contributed by atoms with Gasteiger partial charge in [-0.25, -0.2) is 4.98 Å². The summed E-state index contributed by atoms with van der Waals surface area (Å²) in [6.07, 6.45) is 6.75. The minimum absolute atomic E-state index is 0.315. The van der Waals surface area contributed by atoms with Crippen molar-refractivity contribution in [3.63, 3.8) is 0 Å². The summed E-state index contributed by atoms with van der Waals surface area (Å²) in [6.45, 7) is 9.39. The Balaban J connectivity index is 1.63. The molecule has 2 aromatic heterocycles. The lowest BCUT2D eigenvalue weighted by Crippen LogP contribution is -2.41. The Morgan fingerprint density at radius 3 is 2.55 bits per heavy atom. The van der Waals surface area contributed by atoms with Crippen molar-refractivity contribution in [1.82, 2.24) is 9.55 Å². The van der Waals surface area contributed by atoms with Gasteiger partial charge in [-0.1, -0.05) is 0 Å². The summed E-state index contributed by atoms with van der Waals surface area (Å²) in [4.78, 5) is 4.67. The molecule has 0 radical (unpaired) electrons. The quantitative estimate of drug-likeness (QED) is 0.818. The van der Waals surface area contributed by atoms with Crippen LogP contribution in [-0.2, 0) is 15.9 Å². The molecule has 2 aromatic rings. The van der Waals surface area contributed by atoms with Crippen LogP contribution in [0.4, 0.5) is 0 Å². The second-order valence-corrected chi connectivity index (χ2v) is 7.68. The first-order valence-electron chi connectivity index (χ1n) is 8.16. The predicted molar refractivity (Wildman–Crippen MR) is 88.2 cm³/mol. The fraction of sp³-hybridized carbons (Fsp3) is 0.588. The minimum Gasteiger partial charge on any atom is -0.399 e. The molecule has 4 rings (SSSR count). The van der Waals surface area contributed by atoms with Crippen molar-refractivity contribution in [3.8, 4) is 0 Å². The fourth-order valence-electron chi connectivity index (χ4n) is 2.93. The maximum absolute atomic E-state index is 6.11. The first kappa shape index (κ1) is 14.3. The van der Waals surface area contributed by atoms with E-state index in [1.54, 1.807) is 0 Å². The largest absolute Gasteiger partial charge is 0.496 e. The summed E-state index contributed by atoms with van der Waals surface area (Å²) in [5, 5.41) is 1.16. The third-order valence-electron chi connectivity index (χ3n) is 5.30. The highest BCUT2D eigenvalue weighted by Crippen LogP contribution is 2.36. The maximum atomic E-state index is 6.11. The van der Waals surface area contributed by atoms with Crippen LogP contribution in [0.15, 0.2) is 24.5 Å². The van der Waals surface area contributed by atoms with Gasteiger partial charge < -0.3 is 13.9 Å². The molecule has 2 fully saturated rings. The van der Waals surface area contributed by atoms with E-state index < -0.39 is 0 Å². The summed E-state index contributed by atoms with van der Waals surface area (Å²) in [7, 11) is -0.339. The van der Waals surface area contributed by atoms with Gasteiger partial charge in [0.1, 0.15) is 5.65 Å². The van der Waals surface area contributed by atoms with Gasteiger partial charge >= 0.3 is 7.12 Å². The lowest BCUT2D eigenvalue weighted by molar-refractivity contribution is 0.00578. The van der Waals surface area contributed by atoms with Crippen LogP contribution in [0.5, 0.6) is 0 Å². The predicted octanol–water partition coefficient (Wildman–Crippen LogP) is 2.75. The van der Waals surface area contributed by atoms with Crippen LogP contribution in [0.25, 0.3) is 11.0 Å². The van der Waals surface area contributed by atoms with E-state index in [4.69, 9.17) is 9.31 Å². The van der Waals surface area contributed by atoms with Crippen molar-refractivity contribution in [2.24, 2.45) is 5.92 Å². The number of nitrogens with zero attached hydrogens (tertiary/aromatic N) is 2. The van der Waals surface area contributed by atoms with Crippen molar-refractivity contribution < 1.29 is 9.31 Å². The van der Waals surface area contributed by atoms with Crippen LogP contribution in [0, 0.1) is 5.92 Å². The molecule has 116 valence electrons. The molecular formula is C17H23BN2O2. The Morgan fingerprint density at radius 2 is 1.91 bits per heavy atom. The molecule has 1 aliphatic heterocycles. The van der Waals surface area contributed by atoms with Gasteiger partial charge in [0, 0.05) is 29.8 Å². The molecule has 0 aromatic carbocycles. The molecule has 1 saturated carbocycles. The van der Waals surface area contributed by atoms with Crippen LogP contribution in [0.1, 0.15) is 40.5 Å². The van der Waals surface area contributed by atoms with Crippen LogP contribution >= 0.6 is 0 Å². The van der Waals surface area contributed by atoms with Crippen molar-refractivity contribution in [2.45, 2.75) is 58.3 Å². The number of aromatic nitrogens is 2. The summed E-state index contributed by atoms with van der Waals surface area (Å²) >= 11 is 0. The Bertz CT molecular complexity index is 703. The average molecular weight is 298 g/mol. The Labute approximate surface area is 132 Å². The molecule has 4 nitrogen and oxygen atoms in total. The van der Waals surface area contributed by atoms with E-state index in [-0.39, 0.29) is 18.3 Å². The van der Waals surface area contributed by atoms with E-state index in [9.17, 15) is 0 Å². The zero-order chi connectivity index (χ0) is 15.5. The first-order chi connectivity index (χ1) is 10.4. The molecule has 0 unspecified atom stereocenters. The van der Waals surface area contributed by atoms with Gasteiger partial charge in [0.05, 0.1) is 11.2 Å². The van der Waals surface area contributed by atoms with E-state index in [1.165, 1.54) is 12.8 Å². The molecule has 22 heavy (non-hydrogen) atoms. The minimum atomic E-state index is -0.339. The second-order valence-electron chi connectivity index (χ2n) is 7.68. The average Bonchev–Trinajstić information content (AvgIpc) is 3.12. The van der Waals surface area contributed by atoms with Gasteiger partial charge in [0.25, 0.3) is 0 Å². The summed E-state index contributed by atoms with van der Waals surface area (Å²) < 4.78 is 14.5. The Morgan fingerprint density at radius 1 is 1.23 bits per heavy atom. The standard InChI is InChI=1S/C17H23BN2O2/c1-16(2)17(3,4)22-18(21-16)14-9-13-7-8-20(11-12-5-6-12)15(13)19-10-14/h7-10,12H,5-6,11H2,1-4H3. The Kier molecular flexibility index (Phi) is 2.98. The third kappa shape index (κ3) is 2.27. The second kappa shape index (κ2) is 4.59. The normalized spacial score (nSPS) is 23.4. The molecule has 0 spiro atoms. The SMILES string of the molecule is CC1(C)OB(c2cnc3c(ccn3CC3CC3)c2)OC1(C)C. The van der Waals surface area contributed by atoms with E-state index in [1.807, 2.05) is 6.20 Å². The molecule has 1 aliphatic carbocycles. The van der Waals surface area contributed by atoms with Crippen LogP contribution in [-0.4, -0.2) is 27.9 Å². The molecule has 0 atom stereocenters. The number of pyridine rings is 1. The maximum Gasteiger partial charge on any atom is 0.496 e. The van der Waals surface area contributed by atoms with E-state index in [2.05, 4.69) is 55.6 Å². The number of rotatable bonds is 3. The highest BCUT2D eigenvalue weighted by atomic mass is 16.7.